The van der Waals surface area contributed by atoms with E-state index in [0.717, 1.165) is 6.42 Å². The number of likely N-dealkylation sites (tertiary alicyclic amines) is 1. The molecule has 2 fully saturated rings. The van der Waals surface area contributed by atoms with Crippen LogP contribution < -0.4 is 5.32 Å². The number of hydrogen-bond acceptors (Lipinski definition) is 4. The Bertz CT molecular complexity index is 530. The number of hydrogen-bond donors (Lipinski definition) is 1. The minimum atomic E-state index is -3.08. The van der Waals surface area contributed by atoms with E-state index in [4.69, 9.17) is 4.74 Å². The van der Waals surface area contributed by atoms with E-state index in [-0.39, 0.29) is 29.7 Å². The van der Waals surface area contributed by atoms with E-state index >= 15 is 0 Å². The zero-order valence-electron chi connectivity index (χ0n) is 14.1. The molecule has 1 aliphatic heterocycles. The molecule has 2 rings (SSSR count). The molecule has 1 N–H and O–H groups in total. The molecule has 0 aromatic carbocycles. The van der Waals surface area contributed by atoms with Crippen LogP contribution in [0.1, 0.15) is 40.5 Å². The van der Waals surface area contributed by atoms with Crippen LogP contribution in [0.2, 0.25) is 0 Å². The summed E-state index contributed by atoms with van der Waals surface area (Å²) in [7, 11) is -3.08. The molecule has 2 amide bonds. The predicted molar refractivity (Wildman–Crippen MR) is 85.5 cm³/mol. The van der Waals surface area contributed by atoms with E-state index in [1.54, 1.807) is 4.90 Å². The van der Waals surface area contributed by atoms with Gasteiger partial charge in [-0.25, -0.2) is 13.2 Å². The fourth-order valence-electron chi connectivity index (χ4n) is 3.19. The lowest BCUT2D eigenvalue weighted by Crippen LogP contribution is -2.63. The second-order valence-electron chi connectivity index (χ2n) is 7.42. The summed E-state index contributed by atoms with van der Waals surface area (Å²) in [6, 6.07) is -0.0896. The number of rotatable bonds is 4. The second-order valence-corrected chi connectivity index (χ2v) is 9.74. The smallest absolute Gasteiger partial charge is 0.317 e. The van der Waals surface area contributed by atoms with Gasteiger partial charge in [-0.15, -0.1) is 0 Å². The summed E-state index contributed by atoms with van der Waals surface area (Å²) >= 11 is 0. The van der Waals surface area contributed by atoms with Gasteiger partial charge >= 0.3 is 6.03 Å². The van der Waals surface area contributed by atoms with Crippen molar-refractivity contribution in [2.45, 2.75) is 64.0 Å². The highest BCUT2D eigenvalue weighted by atomic mass is 32.2. The van der Waals surface area contributed by atoms with E-state index in [1.807, 2.05) is 13.8 Å². The van der Waals surface area contributed by atoms with Crippen LogP contribution >= 0.6 is 0 Å². The second kappa shape index (κ2) is 6.00. The van der Waals surface area contributed by atoms with Crippen LogP contribution in [0, 0.1) is 5.41 Å². The summed E-state index contributed by atoms with van der Waals surface area (Å²) in [5.41, 5.74) is -0.101. The summed E-state index contributed by atoms with van der Waals surface area (Å²) in [6.45, 7) is 9.01. The lowest BCUT2D eigenvalue weighted by atomic mass is 9.64. The maximum Gasteiger partial charge on any atom is 0.317 e. The maximum atomic E-state index is 12.3. The lowest BCUT2D eigenvalue weighted by Gasteiger charge is -2.52. The van der Waals surface area contributed by atoms with Gasteiger partial charge in [-0.1, -0.05) is 13.8 Å². The van der Waals surface area contributed by atoms with Gasteiger partial charge in [0.05, 0.1) is 17.5 Å². The molecule has 0 radical (unpaired) electrons. The van der Waals surface area contributed by atoms with Crippen molar-refractivity contribution in [3.8, 4) is 0 Å². The summed E-state index contributed by atoms with van der Waals surface area (Å²) in [6.07, 6.45) is 2.90. The van der Waals surface area contributed by atoms with Gasteiger partial charge in [-0.2, -0.15) is 0 Å². The third-order valence-electron chi connectivity index (χ3n) is 4.95. The van der Waals surface area contributed by atoms with Crippen LogP contribution in [0.3, 0.4) is 0 Å². The van der Waals surface area contributed by atoms with Crippen molar-refractivity contribution in [2.75, 3.05) is 19.3 Å². The largest absolute Gasteiger partial charge is 0.375 e. The molecule has 1 heterocycles. The standard InChI is InChI=1S/C15H28N2O4S/c1-10(2)21-13-8-12(15(13,3)4)16-14(18)17-7-6-11(9-17)22(5,19)20/h10-13H,6-9H2,1-5H3,(H,16,18)/t11-,12-,13+/m0/s1. The first kappa shape index (κ1) is 17.5. The van der Waals surface area contributed by atoms with Crippen LogP contribution in [0.25, 0.3) is 0 Å². The number of nitrogens with zero attached hydrogens (tertiary/aromatic N) is 1. The third-order valence-corrected chi connectivity index (χ3v) is 6.55. The first-order valence-corrected chi connectivity index (χ1v) is 9.87. The van der Waals surface area contributed by atoms with Crippen molar-refractivity contribution in [3.63, 3.8) is 0 Å². The van der Waals surface area contributed by atoms with Gasteiger partial charge in [-0.05, 0) is 26.7 Å². The minimum absolute atomic E-state index is 0.0704. The van der Waals surface area contributed by atoms with Crippen molar-refractivity contribution < 1.29 is 17.9 Å². The summed E-state index contributed by atoms with van der Waals surface area (Å²) < 4.78 is 29.0. The molecule has 3 atom stereocenters. The number of sulfone groups is 1. The lowest BCUT2D eigenvalue weighted by molar-refractivity contribution is -0.136. The fourth-order valence-corrected chi connectivity index (χ4v) is 4.18. The zero-order chi connectivity index (χ0) is 16.7. The van der Waals surface area contributed by atoms with Crippen molar-refractivity contribution in [1.29, 1.82) is 0 Å². The molecule has 0 aromatic rings. The van der Waals surface area contributed by atoms with Gasteiger partial charge in [0.15, 0.2) is 9.84 Å². The molecule has 0 aromatic heterocycles. The molecule has 7 heteroatoms. The molecule has 1 aliphatic carbocycles. The fraction of sp³-hybridized carbons (Fsp3) is 0.933. The van der Waals surface area contributed by atoms with Gasteiger partial charge < -0.3 is 15.0 Å². The van der Waals surface area contributed by atoms with Crippen LogP contribution in [0.15, 0.2) is 0 Å². The first-order valence-electron chi connectivity index (χ1n) is 7.91. The normalized spacial score (nSPS) is 31.2. The SMILES string of the molecule is CC(C)O[C@@H]1C[C@H](NC(=O)N2CC[C@H](S(C)(=O)=O)C2)C1(C)C. The number of carbonyl (C=O) groups is 1. The average Bonchev–Trinajstić information content (AvgIpc) is 2.86. The molecule has 1 saturated heterocycles. The maximum absolute atomic E-state index is 12.3. The molecule has 0 bridgehead atoms. The quantitative estimate of drug-likeness (QED) is 0.844. The molecule has 1 saturated carbocycles. The van der Waals surface area contributed by atoms with Gasteiger partial charge in [-0.3, -0.25) is 0 Å². The van der Waals surface area contributed by atoms with E-state index in [0.29, 0.717) is 19.5 Å². The van der Waals surface area contributed by atoms with E-state index in [1.165, 1.54) is 6.26 Å². The van der Waals surface area contributed by atoms with E-state index in [9.17, 15) is 13.2 Å². The van der Waals surface area contributed by atoms with Crippen molar-refractivity contribution >= 4 is 15.9 Å². The molecule has 0 unspecified atom stereocenters. The summed E-state index contributed by atoms with van der Waals surface area (Å²) in [5, 5.41) is 2.61. The van der Waals surface area contributed by atoms with Crippen LogP contribution in [-0.4, -0.2) is 62.2 Å². The molecular formula is C15H28N2O4S. The minimum Gasteiger partial charge on any atom is -0.375 e. The van der Waals surface area contributed by atoms with E-state index in [2.05, 4.69) is 19.2 Å². The Morgan fingerprint density at radius 3 is 2.45 bits per heavy atom. The van der Waals surface area contributed by atoms with Crippen molar-refractivity contribution in [1.82, 2.24) is 10.2 Å². The van der Waals surface area contributed by atoms with Gasteiger partial charge in [0.2, 0.25) is 0 Å². The molecule has 128 valence electrons. The Balaban J connectivity index is 1.87. The summed E-state index contributed by atoms with van der Waals surface area (Å²) in [5.74, 6) is 0. The van der Waals surface area contributed by atoms with E-state index < -0.39 is 15.1 Å². The topological polar surface area (TPSA) is 75.7 Å². The van der Waals surface area contributed by atoms with Gasteiger partial charge in [0.1, 0.15) is 0 Å². The number of amides is 2. The highest BCUT2D eigenvalue weighted by molar-refractivity contribution is 7.91. The van der Waals surface area contributed by atoms with Crippen molar-refractivity contribution in [2.24, 2.45) is 5.41 Å². The van der Waals surface area contributed by atoms with Gasteiger partial charge in [0, 0.05) is 30.8 Å². The Hall–Kier alpha value is -0.820. The average molecular weight is 332 g/mol. The Labute approximate surface area is 133 Å². The summed E-state index contributed by atoms with van der Waals surface area (Å²) in [4.78, 5) is 13.9. The number of nitrogens with one attached hydrogen (secondary N) is 1. The van der Waals surface area contributed by atoms with Crippen molar-refractivity contribution in [3.05, 3.63) is 0 Å². The highest BCUT2D eigenvalue weighted by Crippen LogP contribution is 2.43. The Morgan fingerprint density at radius 1 is 1.36 bits per heavy atom. The van der Waals surface area contributed by atoms with Crippen LogP contribution in [0.4, 0.5) is 4.79 Å². The third kappa shape index (κ3) is 3.56. The molecule has 22 heavy (non-hydrogen) atoms. The van der Waals surface area contributed by atoms with Gasteiger partial charge in [0.25, 0.3) is 0 Å². The Morgan fingerprint density at radius 2 is 2.00 bits per heavy atom. The van der Waals surface area contributed by atoms with Crippen LogP contribution in [0.5, 0.6) is 0 Å². The molecule has 0 spiro atoms. The first-order chi connectivity index (χ1) is 10.0. The highest BCUT2D eigenvalue weighted by Gasteiger charge is 2.50. The molecular weight excluding hydrogens is 304 g/mol. The van der Waals surface area contributed by atoms with Crippen LogP contribution in [-0.2, 0) is 14.6 Å². The zero-order valence-corrected chi connectivity index (χ0v) is 14.9. The number of carbonyl (C=O) groups excluding carboxylic acids is 1. The molecule has 6 nitrogen and oxygen atoms in total. The number of urea groups is 1. The molecule has 2 aliphatic rings. The Kier molecular flexibility index (Phi) is 4.78. The predicted octanol–water partition coefficient (Wildman–Crippen LogP) is 1.41. The monoisotopic (exact) mass is 332 g/mol. The number of ether oxygens (including phenoxy) is 1.